The number of nitrogens with zero attached hydrogens (tertiary/aromatic N) is 2. The molecule has 68 heavy (non-hydrogen) atoms. The average molecular weight is 905 g/mol. The van der Waals surface area contributed by atoms with Gasteiger partial charge in [-0.1, -0.05) is 154 Å². The summed E-state index contributed by atoms with van der Waals surface area (Å²) in [6.45, 7) is 24.6. The summed E-state index contributed by atoms with van der Waals surface area (Å²) < 4.78 is 2.71. The molecule has 0 spiro atoms. The minimum atomic E-state index is -0.192. The fourth-order valence-electron chi connectivity index (χ4n) is 14.1. The highest BCUT2D eigenvalue weighted by Gasteiger charge is 2.49. The maximum atomic E-state index is 2.80. The summed E-state index contributed by atoms with van der Waals surface area (Å²) in [7, 11) is 0. The van der Waals surface area contributed by atoms with Crippen LogP contribution in [0.1, 0.15) is 156 Å². The van der Waals surface area contributed by atoms with Crippen LogP contribution in [0.4, 0.5) is 34.1 Å². The second kappa shape index (κ2) is 14.5. The Morgan fingerprint density at radius 3 is 1.71 bits per heavy atom. The van der Waals surface area contributed by atoms with E-state index in [-0.39, 0.29) is 28.4 Å². The van der Waals surface area contributed by atoms with Gasteiger partial charge in [0.05, 0.1) is 0 Å². The van der Waals surface area contributed by atoms with Crippen LogP contribution in [-0.4, -0.2) is 6.71 Å². The van der Waals surface area contributed by atoms with E-state index in [1.807, 2.05) is 11.3 Å². The fourth-order valence-corrected chi connectivity index (χ4v) is 15.3. The van der Waals surface area contributed by atoms with Crippen LogP contribution in [0, 0.1) is 13.8 Å². The molecule has 0 amide bonds. The largest absolute Gasteiger partial charge is 0.311 e. The first kappa shape index (κ1) is 42.5. The molecule has 0 N–H and O–H groups in total. The van der Waals surface area contributed by atoms with E-state index in [1.165, 1.54) is 166 Å². The summed E-state index contributed by atoms with van der Waals surface area (Å²) in [5.41, 5.74) is 25.1. The van der Waals surface area contributed by atoms with Crippen molar-refractivity contribution >= 4 is 88.7 Å². The van der Waals surface area contributed by atoms with Crippen molar-refractivity contribution in [2.75, 3.05) is 9.80 Å². The fraction of sp³-hybridized carbons (Fsp3) is 0.344. The molecule has 0 atom stereocenters. The van der Waals surface area contributed by atoms with Crippen molar-refractivity contribution in [1.82, 2.24) is 0 Å². The molecule has 0 bridgehead atoms. The number of para-hydroxylation sites is 1. The highest BCUT2D eigenvalue weighted by Crippen LogP contribution is 2.55. The molecule has 2 nitrogen and oxygen atoms in total. The molecule has 3 heterocycles. The zero-order chi connectivity index (χ0) is 46.8. The molecule has 2 aliphatic heterocycles. The summed E-state index contributed by atoms with van der Waals surface area (Å²) >= 11 is 1.94. The Morgan fingerprint density at radius 1 is 0.456 bits per heavy atom. The molecule has 13 rings (SSSR count). The third-order valence-electron chi connectivity index (χ3n) is 18.2. The molecular formula is C64H65BN2S. The van der Waals surface area contributed by atoms with Crippen molar-refractivity contribution in [1.29, 1.82) is 0 Å². The molecular weight excluding hydrogens is 840 g/mol. The molecule has 7 aromatic carbocycles. The maximum absolute atomic E-state index is 2.80. The van der Waals surface area contributed by atoms with Crippen molar-refractivity contribution in [3.63, 3.8) is 0 Å². The summed E-state index contributed by atoms with van der Waals surface area (Å²) in [4.78, 5) is 5.50. The molecule has 0 radical (unpaired) electrons. The quantitative estimate of drug-likeness (QED) is 0.163. The Morgan fingerprint density at radius 2 is 1.01 bits per heavy atom. The van der Waals surface area contributed by atoms with Gasteiger partial charge in [0.15, 0.2) is 0 Å². The van der Waals surface area contributed by atoms with Crippen LogP contribution >= 0.6 is 11.3 Å². The number of hydrogen-bond donors (Lipinski definition) is 0. The Balaban J connectivity index is 1.20. The molecule has 8 aromatic rings. The predicted molar refractivity (Wildman–Crippen MR) is 295 cm³/mol. The summed E-state index contributed by atoms with van der Waals surface area (Å²) in [5.74, 6) is 0.529. The number of fused-ring (bicyclic) bond motifs is 10. The number of aryl methyl sites for hydroxylation is 2. The normalized spacial score (nSPS) is 19.2. The number of thiophene rings is 1. The highest BCUT2D eigenvalue weighted by atomic mass is 32.1. The Labute approximate surface area is 409 Å². The van der Waals surface area contributed by atoms with E-state index in [4.69, 9.17) is 0 Å². The lowest BCUT2D eigenvalue weighted by atomic mass is 9.33. The minimum Gasteiger partial charge on any atom is -0.311 e. The molecule has 0 saturated heterocycles. The molecule has 340 valence electrons. The Hall–Kier alpha value is -5.58. The van der Waals surface area contributed by atoms with Gasteiger partial charge < -0.3 is 9.80 Å². The smallest absolute Gasteiger partial charge is 0.252 e. The first-order valence-corrected chi connectivity index (χ1v) is 26.6. The zero-order valence-corrected chi connectivity index (χ0v) is 42.8. The summed E-state index contributed by atoms with van der Waals surface area (Å²) in [6, 6.07) is 48.8. The third kappa shape index (κ3) is 5.88. The van der Waals surface area contributed by atoms with Gasteiger partial charge in [0, 0.05) is 59.7 Å². The molecule has 0 unspecified atom stereocenters. The monoisotopic (exact) mass is 904 g/mol. The SMILES string of the molecule is Cc1ccccc1N1c2cc3sc4ccccc4c3cc2B2c3cc4c(cc3N(c3cc5c(cc3C)C(C)(C)CCC5(C)C)c3cc(C5CCCCC5)cc1c32)C(C)(C)c1ccccc1C4(C)C. The van der Waals surface area contributed by atoms with E-state index in [0.717, 1.165) is 0 Å². The van der Waals surface area contributed by atoms with Gasteiger partial charge in [-0.2, -0.15) is 0 Å². The van der Waals surface area contributed by atoms with Gasteiger partial charge in [0.2, 0.25) is 0 Å². The average Bonchev–Trinajstić information content (AvgIpc) is 3.69. The van der Waals surface area contributed by atoms with Crippen LogP contribution in [0.25, 0.3) is 20.2 Å². The van der Waals surface area contributed by atoms with Crippen molar-refractivity contribution in [2.45, 2.75) is 142 Å². The van der Waals surface area contributed by atoms with Gasteiger partial charge in [0.1, 0.15) is 0 Å². The van der Waals surface area contributed by atoms with Crippen LogP contribution < -0.4 is 26.2 Å². The van der Waals surface area contributed by atoms with Crippen LogP contribution in [0.3, 0.4) is 0 Å². The van der Waals surface area contributed by atoms with Gasteiger partial charge >= 0.3 is 0 Å². The number of rotatable bonds is 3. The first-order chi connectivity index (χ1) is 32.5. The van der Waals surface area contributed by atoms with Gasteiger partial charge in [-0.05, 0) is 171 Å². The van der Waals surface area contributed by atoms with E-state index < -0.39 is 0 Å². The highest BCUT2D eigenvalue weighted by molar-refractivity contribution is 7.26. The van der Waals surface area contributed by atoms with E-state index in [2.05, 4.69) is 200 Å². The lowest BCUT2D eigenvalue weighted by molar-refractivity contribution is 0.332. The van der Waals surface area contributed by atoms with E-state index in [1.54, 1.807) is 0 Å². The maximum Gasteiger partial charge on any atom is 0.252 e. The Kier molecular flexibility index (Phi) is 9.06. The van der Waals surface area contributed by atoms with Crippen LogP contribution in [-0.2, 0) is 21.7 Å². The molecule has 4 heteroatoms. The van der Waals surface area contributed by atoms with E-state index in [9.17, 15) is 0 Å². The summed E-state index contributed by atoms with van der Waals surface area (Å²) in [5, 5.41) is 2.72. The first-order valence-electron chi connectivity index (χ1n) is 25.8. The molecule has 1 fully saturated rings. The molecule has 5 aliphatic rings. The number of hydrogen-bond acceptors (Lipinski definition) is 3. The number of anilines is 6. The zero-order valence-electron chi connectivity index (χ0n) is 42.0. The minimum absolute atomic E-state index is 0.0275. The van der Waals surface area contributed by atoms with Crippen molar-refractivity contribution < 1.29 is 0 Å². The lowest BCUT2D eigenvalue weighted by Crippen LogP contribution is -2.62. The summed E-state index contributed by atoms with van der Waals surface area (Å²) in [6.07, 6.45) is 8.82. The standard InChI is InChI=1S/C64H65BN2S/c1-38-20-14-18-26-52(38)66-55-37-59-43(42-23-15-19-27-58(42)68-59)33-50(55)65-51-34-48-49(64(9,10)45-25-17-16-24-44(45)63(48,7)8)36-54(51)67(57-32-41(31-56(66)60(57)65)40-21-12-11-13-22-40)53-35-47-46(30-39(53)2)61(3,4)28-29-62(47,5)6/h14-20,23-27,30-37,40H,11-13,21-22,28-29H2,1-10H3. The van der Waals surface area contributed by atoms with Crippen LogP contribution in [0.2, 0.25) is 0 Å². The topological polar surface area (TPSA) is 6.48 Å². The lowest BCUT2D eigenvalue weighted by Gasteiger charge is -2.49. The number of benzene rings is 7. The molecule has 1 saturated carbocycles. The van der Waals surface area contributed by atoms with Gasteiger partial charge in [-0.25, -0.2) is 0 Å². The second-order valence-electron chi connectivity index (χ2n) is 23.9. The molecule has 3 aliphatic carbocycles. The second-order valence-corrected chi connectivity index (χ2v) is 25.0. The van der Waals surface area contributed by atoms with E-state index >= 15 is 0 Å². The Bertz CT molecular complexity index is 3450. The van der Waals surface area contributed by atoms with Gasteiger partial charge in [-0.15, -0.1) is 11.3 Å². The van der Waals surface area contributed by atoms with Crippen LogP contribution in [0.15, 0.2) is 121 Å². The van der Waals surface area contributed by atoms with Gasteiger partial charge in [0.25, 0.3) is 6.71 Å². The third-order valence-corrected chi connectivity index (χ3v) is 19.3. The van der Waals surface area contributed by atoms with E-state index in [0.29, 0.717) is 5.92 Å². The van der Waals surface area contributed by atoms with Crippen molar-refractivity contribution in [3.8, 4) is 0 Å². The van der Waals surface area contributed by atoms with Crippen molar-refractivity contribution in [3.05, 3.63) is 171 Å². The predicted octanol–water partition coefficient (Wildman–Crippen LogP) is 16.1. The van der Waals surface area contributed by atoms with Crippen LogP contribution in [0.5, 0.6) is 0 Å². The van der Waals surface area contributed by atoms with Gasteiger partial charge in [-0.3, -0.25) is 0 Å². The van der Waals surface area contributed by atoms with Crippen molar-refractivity contribution in [2.24, 2.45) is 0 Å². The molecule has 1 aromatic heterocycles.